The lowest BCUT2D eigenvalue weighted by molar-refractivity contribution is -0.141. The van der Waals surface area contributed by atoms with Crippen LogP contribution in [0.15, 0.2) is 18.2 Å². The number of hydrogen-bond acceptors (Lipinski definition) is 5. The number of hydrogen-bond donors (Lipinski definition) is 1. The molecule has 0 saturated carbocycles. The summed E-state index contributed by atoms with van der Waals surface area (Å²) in [6.45, 7) is 4.09. The molecule has 0 radical (unpaired) electrons. The van der Waals surface area contributed by atoms with E-state index >= 15 is 0 Å². The standard InChI is InChI=1S/C16H20N2O5/c1-4-18-12-9-11(17-14(19)7-8-15(20)22-3)5-6-13(12)23-10(2)16(18)21/h5-6,9-10H,4,7-8H2,1-3H3,(H,17,19). The van der Waals surface area contributed by atoms with Gasteiger partial charge in [0.1, 0.15) is 5.75 Å². The van der Waals surface area contributed by atoms with Crippen LogP contribution in [-0.4, -0.2) is 37.5 Å². The fraction of sp³-hybridized carbons (Fsp3) is 0.438. The van der Waals surface area contributed by atoms with Gasteiger partial charge >= 0.3 is 5.97 Å². The minimum atomic E-state index is -0.525. The number of anilines is 2. The summed E-state index contributed by atoms with van der Waals surface area (Å²) < 4.78 is 10.1. The van der Waals surface area contributed by atoms with Crippen molar-refractivity contribution in [3.63, 3.8) is 0 Å². The topological polar surface area (TPSA) is 84.9 Å². The summed E-state index contributed by atoms with van der Waals surface area (Å²) >= 11 is 0. The molecule has 2 amide bonds. The number of carbonyl (C=O) groups is 3. The van der Waals surface area contributed by atoms with Gasteiger partial charge in [0, 0.05) is 18.7 Å². The number of rotatable bonds is 5. The Bertz CT molecular complexity index is 629. The molecular weight excluding hydrogens is 300 g/mol. The van der Waals surface area contributed by atoms with Crippen molar-refractivity contribution in [2.24, 2.45) is 0 Å². The molecule has 0 spiro atoms. The maximum atomic E-state index is 12.1. The van der Waals surface area contributed by atoms with E-state index in [4.69, 9.17) is 4.74 Å². The molecule has 7 nitrogen and oxygen atoms in total. The van der Waals surface area contributed by atoms with Crippen LogP contribution in [0.3, 0.4) is 0 Å². The lowest BCUT2D eigenvalue weighted by Crippen LogP contribution is -2.44. The number of ether oxygens (including phenoxy) is 2. The first-order valence-electron chi connectivity index (χ1n) is 7.45. The van der Waals surface area contributed by atoms with Crippen molar-refractivity contribution in [2.45, 2.75) is 32.8 Å². The molecule has 0 aromatic heterocycles. The van der Waals surface area contributed by atoms with Crippen LogP contribution < -0.4 is 15.0 Å². The maximum absolute atomic E-state index is 12.1. The van der Waals surface area contributed by atoms with Crippen molar-refractivity contribution in [3.8, 4) is 5.75 Å². The minimum absolute atomic E-state index is 0.0213. The second-order valence-corrected chi connectivity index (χ2v) is 5.15. The largest absolute Gasteiger partial charge is 0.479 e. The fourth-order valence-corrected chi connectivity index (χ4v) is 2.35. The number of carbonyl (C=O) groups excluding carboxylic acids is 3. The average Bonchev–Trinajstić information content (AvgIpc) is 2.54. The van der Waals surface area contributed by atoms with Crippen LogP contribution in [0.1, 0.15) is 26.7 Å². The van der Waals surface area contributed by atoms with Crippen molar-refractivity contribution in [3.05, 3.63) is 18.2 Å². The average molecular weight is 320 g/mol. The molecule has 1 aromatic rings. The van der Waals surface area contributed by atoms with Crippen LogP contribution >= 0.6 is 0 Å². The molecule has 0 fully saturated rings. The van der Waals surface area contributed by atoms with E-state index in [9.17, 15) is 14.4 Å². The van der Waals surface area contributed by atoms with Crippen LogP contribution in [0.2, 0.25) is 0 Å². The van der Waals surface area contributed by atoms with E-state index in [1.165, 1.54) is 7.11 Å². The first kappa shape index (κ1) is 16.8. The molecule has 23 heavy (non-hydrogen) atoms. The number of amides is 2. The first-order valence-corrected chi connectivity index (χ1v) is 7.45. The van der Waals surface area contributed by atoms with E-state index in [2.05, 4.69) is 10.1 Å². The Kier molecular flexibility index (Phi) is 5.20. The van der Waals surface area contributed by atoms with Crippen LogP contribution in [0.5, 0.6) is 5.75 Å². The van der Waals surface area contributed by atoms with E-state index in [1.54, 1.807) is 30.0 Å². The van der Waals surface area contributed by atoms with Crippen molar-refractivity contribution >= 4 is 29.2 Å². The Balaban J connectivity index is 2.11. The second-order valence-electron chi connectivity index (χ2n) is 5.15. The Morgan fingerprint density at radius 2 is 2.09 bits per heavy atom. The Morgan fingerprint density at radius 3 is 2.74 bits per heavy atom. The zero-order valence-electron chi connectivity index (χ0n) is 13.4. The number of fused-ring (bicyclic) bond motifs is 1. The molecule has 1 aliphatic rings. The molecule has 1 aromatic carbocycles. The van der Waals surface area contributed by atoms with Crippen molar-refractivity contribution in [2.75, 3.05) is 23.9 Å². The summed E-state index contributed by atoms with van der Waals surface area (Å²) in [6.07, 6.45) is -0.468. The number of methoxy groups -OCH3 is 1. The van der Waals surface area contributed by atoms with Gasteiger partial charge in [-0.3, -0.25) is 14.4 Å². The highest BCUT2D eigenvalue weighted by Gasteiger charge is 2.30. The van der Waals surface area contributed by atoms with Crippen LogP contribution in [-0.2, 0) is 19.1 Å². The van der Waals surface area contributed by atoms with Crippen molar-refractivity contribution < 1.29 is 23.9 Å². The first-order chi connectivity index (χ1) is 11.0. The molecule has 7 heteroatoms. The molecule has 2 rings (SSSR count). The molecule has 124 valence electrons. The van der Waals surface area contributed by atoms with Crippen LogP contribution in [0, 0.1) is 0 Å². The smallest absolute Gasteiger partial charge is 0.306 e. The van der Waals surface area contributed by atoms with Gasteiger partial charge in [0.05, 0.1) is 19.2 Å². The minimum Gasteiger partial charge on any atom is -0.479 e. The summed E-state index contributed by atoms with van der Waals surface area (Å²) in [5, 5.41) is 2.70. The summed E-state index contributed by atoms with van der Waals surface area (Å²) in [4.78, 5) is 36.6. The maximum Gasteiger partial charge on any atom is 0.306 e. The molecular formula is C16H20N2O5. The van der Waals surface area contributed by atoms with Gasteiger partial charge in [-0.25, -0.2) is 0 Å². The third-order valence-corrected chi connectivity index (χ3v) is 3.55. The lowest BCUT2D eigenvalue weighted by Gasteiger charge is -2.32. The Hall–Kier alpha value is -2.57. The van der Waals surface area contributed by atoms with Crippen LogP contribution in [0.4, 0.5) is 11.4 Å². The third kappa shape index (κ3) is 3.80. The third-order valence-electron chi connectivity index (χ3n) is 3.55. The summed E-state index contributed by atoms with van der Waals surface area (Å²) in [5.41, 5.74) is 1.17. The molecule has 0 bridgehead atoms. The molecule has 1 N–H and O–H groups in total. The molecule has 1 atom stereocenters. The second kappa shape index (κ2) is 7.13. The van der Waals surface area contributed by atoms with Gasteiger partial charge in [0.25, 0.3) is 5.91 Å². The van der Waals surface area contributed by atoms with E-state index < -0.39 is 12.1 Å². The molecule has 0 aliphatic carbocycles. The van der Waals surface area contributed by atoms with Gasteiger partial charge in [-0.2, -0.15) is 0 Å². The molecule has 1 heterocycles. The number of likely N-dealkylation sites (N-methyl/N-ethyl adjacent to an activating group) is 1. The SMILES string of the molecule is CCN1C(=O)C(C)Oc2ccc(NC(=O)CCC(=O)OC)cc21. The zero-order chi connectivity index (χ0) is 17.0. The van der Waals surface area contributed by atoms with E-state index in [-0.39, 0.29) is 24.7 Å². The van der Waals surface area contributed by atoms with Crippen molar-refractivity contribution in [1.29, 1.82) is 0 Å². The Morgan fingerprint density at radius 1 is 1.35 bits per heavy atom. The van der Waals surface area contributed by atoms with Gasteiger partial charge in [-0.15, -0.1) is 0 Å². The zero-order valence-corrected chi connectivity index (χ0v) is 13.4. The number of esters is 1. The van der Waals surface area contributed by atoms with Gasteiger partial charge in [0.2, 0.25) is 5.91 Å². The highest BCUT2D eigenvalue weighted by molar-refractivity contribution is 6.01. The Labute approximate surface area is 134 Å². The fourth-order valence-electron chi connectivity index (χ4n) is 2.35. The van der Waals surface area contributed by atoms with Crippen LogP contribution in [0.25, 0.3) is 0 Å². The van der Waals surface area contributed by atoms with E-state index in [1.807, 2.05) is 6.92 Å². The van der Waals surface area contributed by atoms with Gasteiger partial charge in [0.15, 0.2) is 6.10 Å². The summed E-state index contributed by atoms with van der Waals surface area (Å²) in [5.74, 6) is -0.244. The molecule has 1 unspecified atom stereocenters. The van der Waals surface area contributed by atoms with Crippen molar-refractivity contribution in [1.82, 2.24) is 0 Å². The predicted molar refractivity (Wildman–Crippen MR) is 84.4 cm³/mol. The number of benzene rings is 1. The summed E-state index contributed by atoms with van der Waals surface area (Å²) in [6, 6.07) is 5.11. The van der Waals surface area contributed by atoms with Gasteiger partial charge in [-0.05, 0) is 32.0 Å². The monoisotopic (exact) mass is 320 g/mol. The summed E-state index contributed by atoms with van der Waals surface area (Å²) in [7, 11) is 1.28. The molecule has 0 saturated heterocycles. The van der Waals surface area contributed by atoms with E-state index in [0.29, 0.717) is 23.7 Å². The number of nitrogens with one attached hydrogen (secondary N) is 1. The van der Waals surface area contributed by atoms with E-state index in [0.717, 1.165) is 0 Å². The predicted octanol–water partition coefficient (Wildman–Crippen LogP) is 1.71. The quantitative estimate of drug-likeness (QED) is 0.835. The highest BCUT2D eigenvalue weighted by atomic mass is 16.5. The molecule has 1 aliphatic heterocycles. The lowest BCUT2D eigenvalue weighted by atomic mass is 10.1. The normalized spacial score (nSPS) is 16.4. The van der Waals surface area contributed by atoms with Gasteiger partial charge in [-0.1, -0.05) is 0 Å². The van der Waals surface area contributed by atoms with Gasteiger partial charge < -0.3 is 19.7 Å². The highest BCUT2D eigenvalue weighted by Crippen LogP contribution is 2.36. The number of nitrogens with zero attached hydrogens (tertiary/aromatic N) is 1.